The summed E-state index contributed by atoms with van der Waals surface area (Å²) < 4.78 is 5.06. The molecule has 1 fully saturated rings. The van der Waals surface area contributed by atoms with Gasteiger partial charge >= 0.3 is 0 Å². The Kier molecular flexibility index (Phi) is 6.27. The highest BCUT2D eigenvalue weighted by Crippen LogP contribution is 2.21. The summed E-state index contributed by atoms with van der Waals surface area (Å²) in [5, 5.41) is 18.8. The summed E-state index contributed by atoms with van der Waals surface area (Å²) in [5.41, 5.74) is 0. The zero-order valence-electron chi connectivity index (χ0n) is 9.77. The third-order valence-electron chi connectivity index (χ3n) is 2.29. The first kappa shape index (κ1) is 13.8. The zero-order chi connectivity index (χ0) is 11.3. The van der Waals surface area contributed by atoms with Crippen molar-refractivity contribution in [2.45, 2.75) is 51.7 Å². The van der Waals surface area contributed by atoms with Gasteiger partial charge in [0.15, 0.2) is 6.29 Å². The lowest BCUT2D eigenvalue weighted by molar-refractivity contribution is -0.230. The fraction of sp³-hybridized carbons (Fsp3) is 1.00. The average Bonchev–Trinajstić information content (AvgIpc) is 2.14. The number of nitrogens with zero attached hydrogens (tertiary/aromatic N) is 1. The first-order valence-electron chi connectivity index (χ1n) is 5.20. The second-order valence-corrected chi connectivity index (χ2v) is 3.59. The number of hydrogen-bond donors (Lipinski definition) is 2. The van der Waals surface area contributed by atoms with E-state index in [-0.39, 0.29) is 12.1 Å². The molecule has 1 heterocycles. The predicted octanol–water partition coefficient (Wildman–Crippen LogP) is 0.431. The number of aliphatic hydroxyl groups is 2. The lowest BCUT2D eigenvalue weighted by atomic mass is 9.99. The Morgan fingerprint density at radius 2 is 1.71 bits per heavy atom. The van der Waals surface area contributed by atoms with Crippen LogP contribution in [0.3, 0.4) is 0 Å². The molecule has 0 saturated carbocycles. The highest BCUT2D eigenvalue weighted by molar-refractivity contribution is 4.84. The van der Waals surface area contributed by atoms with Crippen LogP contribution in [0.2, 0.25) is 0 Å². The molecule has 1 rings (SSSR count). The summed E-state index contributed by atoms with van der Waals surface area (Å²) in [5.74, 6) is 0. The number of likely N-dealkylation sites (N-methyl/N-ethyl adjacent to an activating group) is 1. The molecule has 0 aromatic heterocycles. The normalized spacial score (nSPS) is 37.7. The van der Waals surface area contributed by atoms with Crippen LogP contribution in [-0.2, 0) is 4.74 Å². The number of hydrogen-bond acceptors (Lipinski definition) is 4. The quantitative estimate of drug-likeness (QED) is 0.652. The highest BCUT2D eigenvalue weighted by atomic mass is 16.6. The maximum Gasteiger partial charge on any atom is 0.182 e. The van der Waals surface area contributed by atoms with Crippen molar-refractivity contribution >= 4 is 0 Å². The minimum absolute atomic E-state index is 0.01000. The van der Waals surface area contributed by atoms with E-state index in [0.717, 1.165) is 6.42 Å². The van der Waals surface area contributed by atoms with Gasteiger partial charge in [-0.25, -0.2) is 0 Å². The smallest absolute Gasteiger partial charge is 0.182 e. The van der Waals surface area contributed by atoms with Gasteiger partial charge in [-0.05, 0) is 27.4 Å². The Morgan fingerprint density at radius 3 is 2.14 bits per heavy atom. The van der Waals surface area contributed by atoms with E-state index in [4.69, 9.17) is 4.74 Å². The topological polar surface area (TPSA) is 52.9 Å². The molecule has 4 atom stereocenters. The van der Waals surface area contributed by atoms with Gasteiger partial charge in [-0.15, -0.1) is 0 Å². The molecule has 86 valence electrons. The van der Waals surface area contributed by atoms with E-state index >= 15 is 0 Å². The van der Waals surface area contributed by atoms with E-state index < -0.39 is 12.4 Å². The van der Waals surface area contributed by atoms with Gasteiger partial charge in [-0.1, -0.05) is 13.8 Å². The molecule has 0 bridgehead atoms. The average molecular weight is 205 g/mol. The van der Waals surface area contributed by atoms with Crippen LogP contribution in [0, 0.1) is 0 Å². The monoisotopic (exact) mass is 205 g/mol. The lowest BCUT2D eigenvalue weighted by Crippen LogP contribution is -2.53. The van der Waals surface area contributed by atoms with Gasteiger partial charge in [0.25, 0.3) is 0 Å². The van der Waals surface area contributed by atoms with E-state index in [0.29, 0.717) is 0 Å². The van der Waals surface area contributed by atoms with E-state index in [1.165, 1.54) is 0 Å². The minimum atomic E-state index is -1.04. The molecule has 0 aromatic carbocycles. The molecule has 1 saturated heterocycles. The van der Waals surface area contributed by atoms with E-state index in [2.05, 4.69) is 0 Å². The Balaban J connectivity index is 0.000000791. The minimum Gasteiger partial charge on any atom is -0.386 e. The van der Waals surface area contributed by atoms with Crippen LogP contribution in [0.15, 0.2) is 0 Å². The Bertz CT molecular complexity index is 152. The summed E-state index contributed by atoms with van der Waals surface area (Å²) in [6.07, 6.45) is -1.07. The third kappa shape index (κ3) is 3.53. The SMILES string of the molecule is CC.CC1C[C@H](N(C)C)[C@@H](O)C(O)O1. The van der Waals surface area contributed by atoms with Gasteiger partial charge in [-0.2, -0.15) is 0 Å². The maximum atomic E-state index is 9.51. The van der Waals surface area contributed by atoms with Crippen molar-refractivity contribution in [1.82, 2.24) is 4.90 Å². The molecule has 0 amide bonds. The molecule has 14 heavy (non-hydrogen) atoms. The summed E-state index contributed by atoms with van der Waals surface area (Å²) in [4.78, 5) is 1.91. The van der Waals surface area contributed by atoms with Crippen LogP contribution >= 0.6 is 0 Å². The van der Waals surface area contributed by atoms with Crippen LogP contribution < -0.4 is 0 Å². The van der Waals surface area contributed by atoms with Gasteiger partial charge < -0.3 is 19.8 Å². The van der Waals surface area contributed by atoms with Crippen molar-refractivity contribution < 1.29 is 14.9 Å². The lowest BCUT2D eigenvalue weighted by Gasteiger charge is -2.38. The molecular weight excluding hydrogens is 182 g/mol. The van der Waals surface area contributed by atoms with Crippen molar-refractivity contribution in [3.8, 4) is 0 Å². The van der Waals surface area contributed by atoms with Gasteiger partial charge in [0.05, 0.1) is 6.10 Å². The van der Waals surface area contributed by atoms with Gasteiger partial charge in [0.2, 0.25) is 0 Å². The first-order valence-corrected chi connectivity index (χ1v) is 5.20. The Labute approximate surface area is 86.5 Å². The summed E-state index contributed by atoms with van der Waals surface area (Å²) >= 11 is 0. The molecule has 2 N–H and O–H groups in total. The molecule has 0 spiro atoms. The van der Waals surface area contributed by atoms with E-state index in [1.54, 1.807) is 0 Å². The van der Waals surface area contributed by atoms with Crippen LogP contribution in [0.1, 0.15) is 27.2 Å². The molecule has 2 unspecified atom stereocenters. The van der Waals surface area contributed by atoms with Crippen LogP contribution in [0.25, 0.3) is 0 Å². The third-order valence-corrected chi connectivity index (χ3v) is 2.29. The number of ether oxygens (including phenoxy) is 1. The van der Waals surface area contributed by atoms with Crippen molar-refractivity contribution in [2.24, 2.45) is 0 Å². The summed E-state index contributed by atoms with van der Waals surface area (Å²) in [6, 6.07) is -0.0104. The second-order valence-electron chi connectivity index (χ2n) is 3.59. The first-order chi connectivity index (χ1) is 6.52. The largest absolute Gasteiger partial charge is 0.386 e. The molecular formula is C10H23NO3. The predicted molar refractivity (Wildman–Crippen MR) is 56.0 cm³/mol. The van der Waals surface area contributed by atoms with Crippen molar-refractivity contribution in [3.05, 3.63) is 0 Å². The molecule has 1 aliphatic heterocycles. The van der Waals surface area contributed by atoms with Gasteiger partial charge in [0, 0.05) is 6.04 Å². The Hall–Kier alpha value is -0.160. The molecule has 0 aliphatic carbocycles. The standard InChI is InChI=1S/C8H17NO3.C2H6/c1-5-4-6(9(2)3)7(10)8(11)12-5;1-2/h5-8,10-11H,4H2,1-3H3;1-2H3/t5?,6-,7+,8?;/m0./s1. The number of rotatable bonds is 1. The van der Waals surface area contributed by atoms with Crippen LogP contribution in [0.5, 0.6) is 0 Å². The number of aliphatic hydroxyl groups excluding tert-OH is 2. The van der Waals surface area contributed by atoms with Crippen LogP contribution in [-0.4, -0.2) is 53.7 Å². The fourth-order valence-electron chi connectivity index (χ4n) is 1.56. The maximum absolute atomic E-state index is 9.51. The van der Waals surface area contributed by atoms with Crippen molar-refractivity contribution in [3.63, 3.8) is 0 Å². The van der Waals surface area contributed by atoms with Gasteiger partial charge in [0.1, 0.15) is 6.10 Å². The molecule has 4 heteroatoms. The van der Waals surface area contributed by atoms with E-state index in [9.17, 15) is 10.2 Å². The van der Waals surface area contributed by atoms with Crippen LogP contribution in [0.4, 0.5) is 0 Å². The van der Waals surface area contributed by atoms with Crippen molar-refractivity contribution in [2.75, 3.05) is 14.1 Å². The van der Waals surface area contributed by atoms with Crippen molar-refractivity contribution in [1.29, 1.82) is 0 Å². The molecule has 1 aliphatic rings. The molecule has 4 nitrogen and oxygen atoms in total. The van der Waals surface area contributed by atoms with Gasteiger partial charge in [-0.3, -0.25) is 0 Å². The second kappa shape index (κ2) is 6.35. The zero-order valence-corrected chi connectivity index (χ0v) is 9.77. The molecule has 0 radical (unpaired) electrons. The van der Waals surface area contributed by atoms with E-state index in [1.807, 2.05) is 39.8 Å². The summed E-state index contributed by atoms with van der Waals surface area (Å²) in [6.45, 7) is 5.89. The fourth-order valence-corrected chi connectivity index (χ4v) is 1.56. The molecule has 0 aromatic rings. The summed E-state index contributed by atoms with van der Waals surface area (Å²) in [7, 11) is 3.78. The Morgan fingerprint density at radius 1 is 1.21 bits per heavy atom. The highest BCUT2D eigenvalue weighted by Gasteiger charge is 2.35.